The van der Waals surface area contributed by atoms with Crippen LogP contribution in [0.15, 0.2) is 23.1 Å². The topological polar surface area (TPSA) is 86.8 Å². The molecule has 1 aliphatic heterocycles. The van der Waals surface area contributed by atoms with Crippen LogP contribution >= 0.6 is 0 Å². The van der Waals surface area contributed by atoms with E-state index in [1.165, 1.54) is 37.0 Å². The van der Waals surface area contributed by atoms with E-state index in [0.717, 1.165) is 24.6 Å². The number of hydrogen-bond donors (Lipinski definition) is 1. The summed E-state index contributed by atoms with van der Waals surface area (Å²) in [6, 6.07) is 2.92. The van der Waals surface area contributed by atoms with Crippen LogP contribution < -0.4 is 4.72 Å². The summed E-state index contributed by atoms with van der Waals surface area (Å²) in [7, 11) is -3.84. The second kappa shape index (κ2) is 10.7. The number of benzene rings is 1. The second-order valence-corrected chi connectivity index (χ2v) is 10.8. The van der Waals surface area contributed by atoms with Crippen LogP contribution in [0.5, 0.6) is 0 Å². The lowest BCUT2D eigenvalue weighted by Gasteiger charge is -2.35. The number of hydrogen-bond acceptors (Lipinski definition) is 4. The van der Waals surface area contributed by atoms with Crippen LogP contribution in [-0.2, 0) is 14.8 Å². The van der Waals surface area contributed by atoms with Crippen molar-refractivity contribution < 1.29 is 22.4 Å². The summed E-state index contributed by atoms with van der Waals surface area (Å²) in [5.74, 6) is -0.558. The molecule has 32 heavy (non-hydrogen) atoms. The van der Waals surface area contributed by atoms with Crippen molar-refractivity contribution in [1.29, 1.82) is 0 Å². The lowest BCUT2D eigenvalue weighted by Crippen LogP contribution is -2.50. The van der Waals surface area contributed by atoms with Crippen molar-refractivity contribution in [3.63, 3.8) is 0 Å². The lowest BCUT2D eigenvalue weighted by atomic mass is 9.86. The Morgan fingerprint density at radius 3 is 2.31 bits per heavy atom. The Morgan fingerprint density at radius 1 is 1.06 bits per heavy atom. The zero-order valence-electron chi connectivity index (χ0n) is 19.0. The summed E-state index contributed by atoms with van der Waals surface area (Å²) in [5, 5.41) is 0. The molecule has 9 heteroatoms. The Kier molecular flexibility index (Phi) is 8.27. The molecule has 0 aromatic heterocycles. The highest BCUT2D eigenvalue weighted by atomic mass is 32.2. The highest BCUT2D eigenvalue weighted by Gasteiger charge is 2.28. The van der Waals surface area contributed by atoms with E-state index >= 15 is 0 Å². The van der Waals surface area contributed by atoms with Gasteiger partial charge >= 0.3 is 0 Å². The summed E-state index contributed by atoms with van der Waals surface area (Å²) < 4.78 is 41.6. The summed E-state index contributed by atoms with van der Waals surface area (Å²) in [6.07, 6.45) is 7.69. The Balaban J connectivity index is 1.58. The highest BCUT2D eigenvalue weighted by molar-refractivity contribution is 7.89. The molecule has 7 nitrogen and oxygen atoms in total. The third kappa shape index (κ3) is 6.28. The average Bonchev–Trinajstić information content (AvgIpc) is 2.77. The van der Waals surface area contributed by atoms with Crippen molar-refractivity contribution in [2.24, 2.45) is 5.92 Å². The predicted octanol–water partition coefficient (Wildman–Crippen LogP) is 3.16. The van der Waals surface area contributed by atoms with Gasteiger partial charge in [-0.05, 0) is 44.4 Å². The van der Waals surface area contributed by atoms with Gasteiger partial charge < -0.3 is 9.80 Å². The smallest absolute Gasteiger partial charge is 0.256 e. The number of halogens is 1. The van der Waals surface area contributed by atoms with E-state index in [1.54, 1.807) is 18.7 Å². The van der Waals surface area contributed by atoms with Gasteiger partial charge in [-0.3, -0.25) is 9.59 Å². The normalized spacial score (nSPS) is 18.2. The molecule has 3 rings (SSSR count). The van der Waals surface area contributed by atoms with Gasteiger partial charge in [0.05, 0.1) is 10.5 Å². The Bertz CT molecular complexity index is 921. The summed E-state index contributed by atoms with van der Waals surface area (Å²) in [5.41, 5.74) is -0.270. The molecule has 1 aromatic rings. The second-order valence-electron chi connectivity index (χ2n) is 9.13. The molecule has 0 radical (unpaired) electrons. The van der Waals surface area contributed by atoms with Crippen molar-refractivity contribution >= 4 is 21.8 Å². The van der Waals surface area contributed by atoms with Gasteiger partial charge in [-0.15, -0.1) is 0 Å². The van der Waals surface area contributed by atoms with E-state index in [1.807, 2.05) is 0 Å². The van der Waals surface area contributed by atoms with Crippen LogP contribution in [0.1, 0.15) is 69.2 Å². The fourth-order valence-corrected chi connectivity index (χ4v) is 5.78. The molecule has 0 spiro atoms. The van der Waals surface area contributed by atoms with Crippen molar-refractivity contribution in [2.75, 3.05) is 26.2 Å². The van der Waals surface area contributed by atoms with Gasteiger partial charge in [0.2, 0.25) is 15.9 Å². The largest absolute Gasteiger partial charge is 0.339 e. The number of nitrogens with zero attached hydrogens (tertiary/aromatic N) is 2. The molecule has 1 aliphatic carbocycles. The van der Waals surface area contributed by atoms with E-state index in [-0.39, 0.29) is 22.4 Å². The van der Waals surface area contributed by atoms with Gasteiger partial charge in [0.1, 0.15) is 5.82 Å². The van der Waals surface area contributed by atoms with Crippen molar-refractivity contribution in [2.45, 2.75) is 69.7 Å². The molecular formula is C23H34FN3O4S. The predicted molar refractivity (Wildman–Crippen MR) is 120 cm³/mol. The molecule has 1 saturated heterocycles. The van der Waals surface area contributed by atoms with E-state index < -0.39 is 21.7 Å². The van der Waals surface area contributed by atoms with E-state index in [0.29, 0.717) is 38.5 Å². The minimum absolute atomic E-state index is 0.113. The first-order chi connectivity index (χ1) is 15.2. The van der Waals surface area contributed by atoms with Gasteiger partial charge in [0.15, 0.2) is 0 Å². The number of carbonyl (C=O) groups is 2. The zero-order chi connectivity index (χ0) is 23.3. The van der Waals surface area contributed by atoms with Crippen LogP contribution in [0.3, 0.4) is 0 Å². The molecule has 2 amide bonds. The van der Waals surface area contributed by atoms with Gasteiger partial charge in [-0.25, -0.2) is 17.5 Å². The molecular weight excluding hydrogens is 433 g/mol. The summed E-state index contributed by atoms with van der Waals surface area (Å²) in [4.78, 5) is 28.6. The Morgan fingerprint density at radius 2 is 1.69 bits per heavy atom. The molecule has 0 bridgehead atoms. The van der Waals surface area contributed by atoms with Gasteiger partial charge in [-0.1, -0.05) is 32.1 Å². The quantitative estimate of drug-likeness (QED) is 0.667. The van der Waals surface area contributed by atoms with Crippen LogP contribution in [-0.4, -0.2) is 62.3 Å². The fraction of sp³-hybridized carbons (Fsp3) is 0.652. The lowest BCUT2D eigenvalue weighted by molar-refractivity contribution is -0.133. The van der Waals surface area contributed by atoms with Crippen LogP contribution in [0, 0.1) is 11.7 Å². The van der Waals surface area contributed by atoms with Gasteiger partial charge in [0.25, 0.3) is 5.91 Å². The number of sulfonamides is 1. The van der Waals surface area contributed by atoms with Crippen molar-refractivity contribution in [1.82, 2.24) is 14.5 Å². The summed E-state index contributed by atoms with van der Waals surface area (Å²) in [6.45, 7) is 4.78. The zero-order valence-corrected chi connectivity index (χ0v) is 19.8. The first kappa shape index (κ1) is 24.6. The molecule has 1 aromatic carbocycles. The first-order valence-electron chi connectivity index (χ1n) is 11.6. The number of carbonyl (C=O) groups excluding carboxylic acids is 2. The minimum Gasteiger partial charge on any atom is -0.339 e. The van der Waals surface area contributed by atoms with Crippen molar-refractivity contribution in [3.8, 4) is 0 Å². The first-order valence-corrected chi connectivity index (χ1v) is 13.0. The number of piperazine rings is 1. The van der Waals surface area contributed by atoms with E-state index in [4.69, 9.17) is 0 Å². The minimum atomic E-state index is -3.84. The van der Waals surface area contributed by atoms with Gasteiger partial charge in [-0.2, -0.15) is 0 Å². The molecule has 2 aliphatic rings. The van der Waals surface area contributed by atoms with Crippen LogP contribution in [0.25, 0.3) is 0 Å². The van der Waals surface area contributed by atoms with Crippen LogP contribution in [0.2, 0.25) is 0 Å². The SMILES string of the molecule is CC(C)NS(=O)(=O)c1ccc(F)c(C(=O)N2CCN(C(=O)CCC3CCCCC3)CC2)c1. The highest BCUT2D eigenvalue weighted by Crippen LogP contribution is 2.27. The molecule has 0 unspecified atom stereocenters. The molecule has 1 saturated carbocycles. The number of amides is 2. The standard InChI is InChI=1S/C23H34FN3O4S/c1-17(2)25-32(30,31)19-9-10-21(24)20(16-19)23(29)27-14-12-26(13-15-27)22(28)11-8-18-6-4-3-5-7-18/h9-10,16-18,25H,3-8,11-15H2,1-2H3. The molecule has 0 atom stereocenters. The number of rotatable bonds is 7. The molecule has 1 N–H and O–H groups in total. The maximum atomic E-state index is 14.4. The maximum absolute atomic E-state index is 14.4. The van der Waals surface area contributed by atoms with Crippen molar-refractivity contribution in [3.05, 3.63) is 29.6 Å². The summed E-state index contributed by atoms with van der Waals surface area (Å²) >= 11 is 0. The average molecular weight is 468 g/mol. The van der Waals surface area contributed by atoms with E-state index in [2.05, 4.69) is 4.72 Å². The Hall–Kier alpha value is -2.00. The molecule has 178 valence electrons. The van der Waals surface area contributed by atoms with Gasteiger partial charge in [0, 0.05) is 38.6 Å². The third-order valence-electron chi connectivity index (χ3n) is 6.28. The number of nitrogens with one attached hydrogen (secondary N) is 1. The van der Waals surface area contributed by atoms with E-state index in [9.17, 15) is 22.4 Å². The molecule has 2 fully saturated rings. The fourth-order valence-electron chi connectivity index (χ4n) is 4.50. The third-order valence-corrected chi connectivity index (χ3v) is 7.94. The monoisotopic (exact) mass is 467 g/mol. The molecule has 1 heterocycles. The van der Waals surface area contributed by atoms with Crippen LogP contribution in [0.4, 0.5) is 4.39 Å². The Labute approximate surface area is 190 Å². The maximum Gasteiger partial charge on any atom is 0.256 e.